The number of morpholine rings is 1. The number of aromatic nitrogens is 2. The molecule has 20 heavy (non-hydrogen) atoms. The predicted molar refractivity (Wildman–Crippen MR) is 78.4 cm³/mol. The summed E-state index contributed by atoms with van der Waals surface area (Å²) in [7, 11) is 0. The molecule has 2 aromatic rings. The molecular formula is C16H19N3O. The number of benzene rings is 1. The molecule has 1 aromatic heterocycles. The van der Waals surface area contributed by atoms with Crippen LogP contribution >= 0.6 is 0 Å². The van der Waals surface area contributed by atoms with Gasteiger partial charge in [-0.2, -0.15) is 0 Å². The van der Waals surface area contributed by atoms with Gasteiger partial charge in [0.1, 0.15) is 0 Å². The highest BCUT2D eigenvalue weighted by Crippen LogP contribution is 2.17. The van der Waals surface area contributed by atoms with Crippen molar-refractivity contribution in [2.45, 2.75) is 25.5 Å². The fourth-order valence-electron chi connectivity index (χ4n) is 2.43. The second-order valence-corrected chi connectivity index (χ2v) is 5.23. The predicted octanol–water partition coefficient (Wildman–Crippen LogP) is 2.06. The molecule has 1 saturated heterocycles. The van der Waals surface area contributed by atoms with Gasteiger partial charge in [-0.25, -0.2) is 9.97 Å². The zero-order valence-electron chi connectivity index (χ0n) is 11.6. The van der Waals surface area contributed by atoms with Crippen LogP contribution in [0.4, 0.5) is 0 Å². The molecule has 0 spiro atoms. The second kappa shape index (κ2) is 6.11. The Morgan fingerprint density at radius 1 is 1.25 bits per heavy atom. The van der Waals surface area contributed by atoms with Crippen LogP contribution in [0.15, 0.2) is 42.7 Å². The summed E-state index contributed by atoms with van der Waals surface area (Å²) in [6, 6.07) is 10.6. The van der Waals surface area contributed by atoms with E-state index in [2.05, 4.69) is 40.4 Å². The van der Waals surface area contributed by atoms with Gasteiger partial charge in [0.05, 0.1) is 12.7 Å². The zero-order chi connectivity index (χ0) is 13.8. The Hall–Kier alpha value is -1.78. The van der Waals surface area contributed by atoms with Gasteiger partial charge < -0.3 is 10.1 Å². The molecule has 1 fully saturated rings. The summed E-state index contributed by atoms with van der Waals surface area (Å²) < 4.78 is 5.69. The van der Waals surface area contributed by atoms with E-state index in [4.69, 9.17) is 4.74 Å². The van der Waals surface area contributed by atoms with Gasteiger partial charge in [-0.1, -0.05) is 18.2 Å². The highest BCUT2D eigenvalue weighted by atomic mass is 16.5. The van der Waals surface area contributed by atoms with Gasteiger partial charge in [0, 0.05) is 30.5 Å². The van der Waals surface area contributed by atoms with Crippen LogP contribution in [-0.4, -0.2) is 35.3 Å². The normalized spacial score (nSPS) is 22.6. The van der Waals surface area contributed by atoms with Crippen LogP contribution < -0.4 is 5.32 Å². The van der Waals surface area contributed by atoms with E-state index in [0.29, 0.717) is 12.1 Å². The van der Waals surface area contributed by atoms with E-state index in [9.17, 15) is 0 Å². The molecule has 2 heterocycles. The lowest BCUT2D eigenvalue weighted by molar-refractivity contribution is 0.0155. The van der Waals surface area contributed by atoms with Crippen molar-refractivity contribution in [2.24, 2.45) is 0 Å². The van der Waals surface area contributed by atoms with Gasteiger partial charge in [-0.3, -0.25) is 0 Å². The quantitative estimate of drug-likeness (QED) is 0.926. The summed E-state index contributed by atoms with van der Waals surface area (Å²) in [5.41, 5.74) is 2.35. The number of nitrogens with zero attached hydrogens (tertiary/aromatic N) is 2. The molecule has 0 radical (unpaired) electrons. The minimum atomic E-state index is 0.315. The van der Waals surface area contributed by atoms with Crippen LogP contribution in [0.5, 0.6) is 0 Å². The van der Waals surface area contributed by atoms with E-state index < -0.39 is 0 Å². The molecule has 0 amide bonds. The minimum absolute atomic E-state index is 0.315. The number of hydrogen-bond acceptors (Lipinski definition) is 4. The Balaban J connectivity index is 1.72. The van der Waals surface area contributed by atoms with Crippen LogP contribution in [0.3, 0.4) is 0 Å². The lowest BCUT2D eigenvalue weighted by Gasteiger charge is -2.28. The Morgan fingerprint density at radius 3 is 2.85 bits per heavy atom. The Labute approximate surface area is 119 Å². The van der Waals surface area contributed by atoms with Crippen LogP contribution in [-0.2, 0) is 11.2 Å². The zero-order valence-corrected chi connectivity index (χ0v) is 11.6. The average Bonchev–Trinajstić information content (AvgIpc) is 2.51. The molecule has 3 rings (SSSR count). The molecule has 0 saturated carbocycles. The SMILES string of the molecule is C[C@@H]1CN[C@H](Cc2cccc(-c3ncccn3)c2)CO1. The monoisotopic (exact) mass is 269 g/mol. The van der Waals surface area contributed by atoms with Gasteiger partial charge in [-0.15, -0.1) is 0 Å². The van der Waals surface area contributed by atoms with Gasteiger partial charge in [0.2, 0.25) is 0 Å². The van der Waals surface area contributed by atoms with Crippen molar-refractivity contribution in [3.05, 3.63) is 48.3 Å². The fourth-order valence-corrected chi connectivity index (χ4v) is 2.43. The highest BCUT2D eigenvalue weighted by Gasteiger charge is 2.18. The third-order valence-electron chi connectivity index (χ3n) is 3.51. The van der Waals surface area contributed by atoms with Crippen LogP contribution in [0.1, 0.15) is 12.5 Å². The first-order valence-electron chi connectivity index (χ1n) is 7.02. The van der Waals surface area contributed by atoms with Crippen LogP contribution in [0, 0.1) is 0 Å². The third kappa shape index (κ3) is 3.21. The Kier molecular flexibility index (Phi) is 4.04. The molecule has 4 heteroatoms. The van der Waals surface area contributed by atoms with Crippen molar-refractivity contribution >= 4 is 0 Å². The molecule has 4 nitrogen and oxygen atoms in total. The summed E-state index contributed by atoms with van der Waals surface area (Å²) in [4.78, 5) is 8.59. The summed E-state index contributed by atoms with van der Waals surface area (Å²) in [6.45, 7) is 3.79. The summed E-state index contributed by atoms with van der Waals surface area (Å²) in [5.74, 6) is 0.774. The van der Waals surface area contributed by atoms with Crippen molar-refractivity contribution < 1.29 is 4.74 Å². The average molecular weight is 269 g/mol. The first-order valence-corrected chi connectivity index (χ1v) is 7.02. The molecule has 104 valence electrons. The smallest absolute Gasteiger partial charge is 0.159 e. The maximum absolute atomic E-state index is 5.69. The van der Waals surface area contributed by atoms with Gasteiger partial charge >= 0.3 is 0 Å². The minimum Gasteiger partial charge on any atom is -0.376 e. The van der Waals surface area contributed by atoms with E-state index >= 15 is 0 Å². The number of nitrogens with one attached hydrogen (secondary N) is 1. The number of ether oxygens (including phenoxy) is 1. The molecule has 1 aliphatic heterocycles. The molecule has 0 aliphatic carbocycles. The third-order valence-corrected chi connectivity index (χ3v) is 3.51. The van der Waals surface area contributed by atoms with Crippen molar-refractivity contribution in [1.29, 1.82) is 0 Å². The number of rotatable bonds is 3. The van der Waals surface area contributed by atoms with Crippen molar-refractivity contribution in [2.75, 3.05) is 13.2 Å². The maximum atomic E-state index is 5.69. The molecule has 0 bridgehead atoms. The van der Waals surface area contributed by atoms with E-state index in [1.54, 1.807) is 12.4 Å². The highest BCUT2D eigenvalue weighted by molar-refractivity contribution is 5.55. The molecule has 0 unspecified atom stereocenters. The van der Waals surface area contributed by atoms with E-state index in [1.165, 1.54) is 5.56 Å². The molecule has 1 aliphatic rings. The topological polar surface area (TPSA) is 47.0 Å². The molecular weight excluding hydrogens is 250 g/mol. The summed E-state index contributed by atoms with van der Waals surface area (Å²) in [5, 5.41) is 3.52. The van der Waals surface area contributed by atoms with Crippen molar-refractivity contribution in [1.82, 2.24) is 15.3 Å². The van der Waals surface area contributed by atoms with Crippen molar-refractivity contribution in [3.8, 4) is 11.4 Å². The largest absolute Gasteiger partial charge is 0.376 e. The van der Waals surface area contributed by atoms with E-state index in [0.717, 1.165) is 31.0 Å². The van der Waals surface area contributed by atoms with Gasteiger partial charge in [0.15, 0.2) is 5.82 Å². The molecule has 1 aromatic carbocycles. The van der Waals surface area contributed by atoms with Crippen LogP contribution in [0.2, 0.25) is 0 Å². The van der Waals surface area contributed by atoms with Crippen LogP contribution in [0.25, 0.3) is 11.4 Å². The molecule has 2 atom stereocenters. The summed E-state index contributed by atoms with van der Waals surface area (Å²) >= 11 is 0. The maximum Gasteiger partial charge on any atom is 0.159 e. The Morgan fingerprint density at radius 2 is 2.10 bits per heavy atom. The molecule has 1 N–H and O–H groups in total. The lowest BCUT2D eigenvalue weighted by atomic mass is 10.0. The van der Waals surface area contributed by atoms with Gasteiger partial charge in [0.25, 0.3) is 0 Å². The fraction of sp³-hybridized carbons (Fsp3) is 0.375. The van der Waals surface area contributed by atoms with Crippen molar-refractivity contribution in [3.63, 3.8) is 0 Å². The van der Waals surface area contributed by atoms with Gasteiger partial charge in [-0.05, 0) is 31.0 Å². The lowest BCUT2D eigenvalue weighted by Crippen LogP contribution is -2.46. The first kappa shape index (κ1) is 13.2. The standard InChI is InChI=1S/C16H19N3O/c1-12-10-19-15(11-20-12)9-13-4-2-5-14(8-13)16-17-6-3-7-18-16/h2-8,12,15,19H,9-11H2,1H3/t12-,15-/m1/s1. The Bertz CT molecular complexity index is 551. The summed E-state index contributed by atoms with van der Waals surface area (Å²) in [6.07, 6.45) is 4.82. The first-order chi connectivity index (χ1) is 9.81. The van der Waals surface area contributed by atoms with E-state index in [-0.39, 0.29) is 0 Å². The number of hydrogen-bond donors (Lipinski definition) is 1. The van der Waals surface area contributed by atoms with E-state index in [1.807, 2.05) is 12.1 Å². The second-order valence-electron chi connectivity index (χ2n) is 5.23.